The molecule has 0 saturated carbocycles. The number of thioether (sulfide) groups is 1. The normalized spacial score (nSPS) is 15.5. The average Bonchev–Trinajstić information content (AvgIpc) is 2.74. The van der Waals surface area contributed by atoms with E-state index in [0.717, 1.165) is 54.9 Å². The van der Waals surface area contributed by atoms with E-state index in [1.165, 1.54) is 12.1 Å². The van der Waals surface area contributed by atoms with Gasteiger partial charge in [0.1, 0.15) is 11.6 Å². The molecule has 3 rings (SSSR count). The maximum absolute atomic E-state index is 13.0. The first-order valence-corrected chi connectivity index (χ1v) is 10.8. The summed E-state index contributed by atoms with van der Waals surface area (Å²) in [6.07, 6.45) is 3.97. The summed E-state index contributed by atoms with van der Waals surface area (Å²) in [5, 5.41) is 6.90. The monoisotopic (exact) mass is 401 g/mol. The van der Waals surface area contributed by atoms with E-state index in [2.05, 4.69) is 33.5 Å². The molecule has 150 valence electrons. The summed E-state index contributed by atoms with van der Waals surface area (Å²) in [4.78, 5) is 12.5. The molecule has 1 aliphatic heterocycles. The van der Waals surface area contributed by atoms with Gasteiger partial charge in [-0.15, -0.1) is 11.8 Å². The van der Waals surface area contributed by atoms with Crippen LogP contribution in [0.1, 0.15) is 19.8 Å². The van der Waals surface area contributed by atoms with E-state index in [-0.39, 0.29) is 5.82 Å². The number of benzene rings is 1. The molecule has 7 heteroatoms. The van der Waals surface area contributed by atoms with Crippen LogP contribution >= 0.6 is 11.8 Å². The SMILES string of the molecule is CCNC(=NCCSc1ccc(F)cc1)NC1CCN(c2ccccn2)CC1. The molecule has 2 N–H and O–H groups in total. The number of hydrogen-bond donors (Lipinski definition) is 2. The lowest BCUT2D eigenvalue weighted by Crippen LogP contribution is -2.49. The minimum Gasteiger partial charge on any atom is -0.357 e. The van der Waals surface area contributed by atoms with Crippen LogP contribution in [0.15, 0.2) is 58.5 Å². The van der Waals surface area contributed by atoms with Crippen molar-refractivity contribution in [2.45, 2.75) is 30.7 Å². The fourth-order valence-corrected chi connectivity index (χ4v) is 3.91. The third kappa shape index (κ3) is 6.41. The lowest BCUT2D eigenvalue weighted by molar-refractivity contribution is 0.460. The third-order valence-corrected chi connectivity index (χ3v) is 5.59. The lowest BCUT2D eigenvalue weighted by atomic mass is 10.1. The van der Waals surface area contributed by atoms with Gasteiger partial charge in [0.2, 0.25) is 0 Å². The van der Waals surface area contributed by atoms with Crippen LogP contribution in [0.25, 0.3) is 0 Å². The van der Waals surface area contributed by atoms with Crippen molar-refractivity contribution in [3.8, 4) is 0 Å². The topological polar surface area (TPSA) is 52.6 Å². The minimum atomic E-state index is -0.199. The Morgan fingerprint density at radius 3 is 2.68 bits per heavy atom. The second-order valence-electron chi connectivity index (χ2n) is 6.66. The molecule has 0 amide bonds. The summed E-state index contributed by atoms with van der Waals surface area (Å²) in [5.41, 5.74) is 0. The van der Waals surface area contributed by atoms with E-state index >= 15 is 0 Å². The van der Waals surface area contributed by atoms with Gasteiger partial charge in [0, 0.05) is 42.5 Å². The zero-order valence-corrected chi connectivity index (χ0v) is 17.1. The maximum Gasteiger partial charge on any atom is 0.191 e. The molecule has 1 aromatic heterocycles. The number of aliphatic imine (C=N–C) groups is 1. The van der Waals surface area contributed by atoms with Gasteiger partial charge in [-0.2, -0.15) is 0 Å². The van der Waals surface area contributed by atoms with Crippen molar-refractivity contribution in [3.05, 3.63) is 54.5 Å². The summed E-state index contributed by atoms with van der Waals surface area (Å²) in [7, 11) is 0. The molecule has 0 spiro atoms. The number of nitrogens with zero attached hydrogens (tertiary/aromatic N) is 3. The van der Waals surface area contributed by atoms with E-state index in [1.807, 2.05) is 30.5 Å². The van der Waals surface area contributed by atoms with Crippen LogP contribution < -0.4 is 15.5 Å². The minimum absolute atomic E-state index is 0.199. The molecule has 28 heavy (non-hydrogen) atoms. The van der Waals surface area contributed by atoms with E-state index in [1.54, 1.807) is 11.8 Å². The maximum atomic E-state index is 13.0. The van der Waals surface area contributed by atoms with Gasteiger partial charge in [-0.3, -0.25) is 4.99 Å². The Morgan fingerprint density at radius 2 is 2.00 bits per heavy atom. The summed E-state index contributed by atoms with van der Waals surface area (Å²) in [6, 6.07) is 13.1. The van der Waals surface area contributed by atoms with E-state index in [0.29, 0.717) is 12.6 Å². The molecule has 1 fully saturated rings. The van der Waals surface area contributed by atoms with Gasteiger partial charge >= 0.3 is 0 Å². The number of halogens is 1. The molecule has 0 bridgehead atoms. The Bertz CT molecular complexity index is 730. The Balaban J connectivity index is 1.43. The first-order valence-electron chi connectivity index (χ1n) is 9.84. The molecule has 0 aliphatic carbocycles. The van der Waals surface area contributed by atoms with Crippen molar-refractivity contribution in [2.75, 3.05) is 36.8 Å². The number of guanidine groups is 1. The van der Waals surface area contributed by atoms with E-state index in [4.69, 9.17) is 4.99 Å². The first-order chi connectivity index (χ1) is 13.7. The van der Waals surface area contributed by atoms with Crippen LogP contribution in [-0.2, 0) is 0 Å². The van der Waals surface area contributed by atoms with Crippen LogP contribution in [0, 0.1) is 5.82 Å². The van der Waals surface area contributed by atoms with Gasteiger partial charge in [-0.05, 0) is 56.2 Å². The predicted octanol–water partition coefficient (Wildman–Crippen LogP) is 3.54. The van der Waals surface area contributed by atoms with E-state index < -0.39 is 0 Å². The van der Waals surface area contributed by atoms with Gasteiger partial charge in [-0.1, -0.05) is 6.07 Å². The van der Waals surface area contributed by atoms with Crippen LogP contribution in [-0.4, -0.2) is 48.9 Å². The quantitative estimate of drug-likeness (QED) is 0.322. The number of aromatic nitrogens is 1. The summed E-state index contributed by atoms with van der Waals surface area (Å²) in [5.74, 6) is 2.59. The summed E-state index contributed by atoms with van der Waals surface area (Å²) >= 11 is 1.69. The predicted molar refractivity (Wildman–Crippen MR) is 116 cm³/mol. The largest absolute Gasteiger partial charge is 0.357 e. The number of rotatable bonds is 7. The second-order valence-corrected chi connectivity index (χ2v) is 7.82. The van der Waals surface area contributed by atoms with Crippen molar-refractivity contribution in [2.24, 2.45) is 4.99 Å². The zero-order valence-electron chi connectivity index (χ0n) is 16.3. The van der Waals surface area contributed by atoms with Gasteiger partial charge in [-0.25, -0.2) is 9.37 Å². The Kier molecular flexibility index (Phi) is 7.96. The summed E-state index contributed by atoms with van der Waals surface area (Å²) < 4.78 is 13.0. The molecule has 5 nitrogen and oxygen atoms in total. The Morgan fingerprint density at radius 1 is 1.21 bits per heavy atom. The van der Waals surface area contributed by atoms with Crippen molar-refractivity contribution >= 4 is 23.5 Å². The van der Waals surface area contributed by atoms with Crippen molar-refractivity contribution in [3.63, 3.8) is 0 Å². The fourth-order valence-electron chi connectivity index (χ4n) is 3.16. The molecule has 2 aromatic rings. The lowest BCUT2D eigenvalue weighted by Gasteiger charge is -2.33. The molecule has 1 aliphatic rings. The number of hydrogen-bond acceptors (Lipinski definition) is 4. The van der Waals surface area contributed by atoms with Gasteiger partial charge in [0.25, 0.3) is 0 Å². The molecule has 2 heterocycles. The average molecular weight is 402 g/mol. The molecule has 0 unspecified atom stereocenters. The molecular formula is C21H28FN5S. The highest BCUT2D eigenvalue weighted by Gasteiger charge is 2.20. The van der Waals surface area contributed by atoms with Crippen LogP contribution in [0.4, 0.5) is 10.2 Å². The Labute approximate surface area is 170 Å². The first kappa shape index (κ1) is 20.5. The fraction of sp³-hybridized carbons (Fsp3) is 0.429. The highest BCUT2D eigenvalue weighted by molar-refractivity contribution is 7.99. The molecule has 0 atom stereocenters. The van der Waals surface area contributed by atoms with E-state index in [9.17, 15) is 4.39 Å². The third-order valence-electron chi connectivity index (χ3n) is 4.60. The number of nitrogens with one attached hydrogen (secondary N) is 2. The number of piperidine rings is 1. The Hall–Kier alpha value is -2.28. The van der Waals surface area contributed by atoms with Crippen molar-refractivity contribution in [1.29, 1.82) is 0 Å². The molecule has 0 radical (unpaired) electrons. The second kappa shape index (κ2) is 10.9. The van der Waals surface area contributed by atoms with Gasteiger partial charge in [0.15, 0.2) is 5.96 Å². The van der Waals surface area contributed by atoms with Crippen LogP contribution in [0.3, 0.4) is 0 Å². The van der Waals surface area contributed by atoms with Gasteiger partial charge in [0.05, 0.1) is 6.54 Å². The highest BCUT2D eigenvalue weighted by atomic mass is 32.2. The number of pyridine rings is 1. The smallest absolute Gasteiger partial charge is 0.191 e. The van der Waals surface area contributed by atoms with Crippen molar-refractivity contribution < 1.29 is 4.39 Å². The summed E-state index contributed by atoms with van der Waals surface area (Å²) in [6.45, 7) is 5.62. The molecule has 1 aromatic carbocycles. The van der Waals surface area contributed by atoms with Crippen LogP contribution in [0.5, 0.6) is 0 Å². The molecule has 1 saturated heterocycles. The van der Waals surface area contributed by atoms with Crippen LogP contribution in [0.2, 0.25) is 0 Å². The van der Waals surface area contributed by atoms with Gasteiger partial charge < -0.3 is 15.5 Å². The standard InChI is InChI=1S/C21H28FN5S/c1-2-23-21(25-13-16-28-19-8-6-17(22)7-9-19)26-18-10-14-27(15-11-18)20-5-3-4-12-24-20/h3-9,12,18H,2,10-11,13-16H2,1H3,(H2,23,25,26). The highest BCUT2D eigenvalue weighted by Crippen LogP contribution is 2.18. The van der Waals surface area contributed by atoms with Crippen molar-refractivity contribution in [1.82, 2.24) is 15.6 Å². The zero-order chi connectivity index (χ0) is 19.6. The number of anilines is 1. The molecular weight excluding hydrogens is 373 g/mol.